The van der Waals surface area contributed by atoms with E-state index < -0.39 is 0 Å². The van der Waals surface area contributed by atoms with Crippen molar-refractivity contribution in [2.45, 2.75) is 25.4 Å². The molecule has 2 saturated heterocycles. The van der Waals surface area contributed by atoms with Crippen LogP contribution in [0.1, 0.15) is 30.1 Å². The molecule has 6 rings (SSSR count). The van der Waals surface area contributed by atoms with Gasteiger partial charge in [0.2, 0.25) is 0 Å². The fraction of sp³-hybridized carbons (Fsp3) is 0.500. The van der Waals surface area contributed by atoms with Crippen molar-refractivity contribution in [2.75, 3.05) is 57.4 Å². The molecule has 2 aromatic heterocycles. The Morgan fingerprint density at radius 2 is 1.82 bits per heavy atom. The van der Waals surface area contributed by atoms with Crippen molar-refractivity contribution >= 4 is 11.5 Å². The fourth-order valence-electron chi connectivity index (χ4n) is 5.25. The number of piperazine rings is 1. The standard InChI is InChI=1S/C26H32FN5O/c27-22-5-2-1-4-21(22)17-29-10-11-31(16-20-8-9-20)24(19-29)23-18-32-25(28-23)6-3-7-26(32)30-12-14-33-15-13-30/h1-7,18,20,24H,8-17,19H2/t24-/m0/s1. The molecule has 1 atom stereocenters. The van der Waals surface area contributed by atoms with Crippen molar-refractivity contribution in [3.05, 3.63) is 65.7 Å². The van der Waals surface area contributed by atoms with Gasteiger partial charge in [0.15, 0.2) is 0 Å². The van der Waals surface area contributed by atoms with E-state index in [9.17, 15) is 4.39 Å². The highest BCUT2D eigenvalue weighted by Gasteiger charge is 2.34. The Bertz CT molecular complexity index is 1110. The van der Waals surface area contributed by atoms with E-state index in [4.69, 9.17) is 9.72 Å². The molecule has 0 unspecified atom stereocenters. The summed E-state index contributed by atoms with van der Waals surface area (Å²) in [6.07, 6.45) is 4.92. The average Bonchev–Trinajstić information content (AvgIpc) is 3.56. The molecule has 0 N–H and O–H groups in total. The first-order valence-electron chi connectivity index (χ1n) is 12.2. The van der Waals surface area contributed by atoms with Crippen LogP contribution in [0, 0.1) is 11.7 Å². The Morgan fingerprint density at radius 1 is 0.970 bits per heavy atom. The summed E-state index contributed by atoms with van der Waals surface area (Å²) in [5.41, 5.74) is 2.89. The first kappa shape index (κ1) is 21.1. The quantitative estimate of drug-likeness (QED) is 0.575. The van der Waals surface area contributed by atoms with Crippen molar-refractivity contribution in [3.8, 4) is 0 Å². The number of morpholine rings is 1. The lowest BCUT2D eigenvalue weighted by molar-refractivity contribution is 0.0634. The molecule has 33 heavy (non-hydrogen) atoms. The first-order valence-corrected chi connectivity index (χ1v) is 12.2. The van der Waals surface area contributed by atoms with Crippen LogP contribution in [0.3, 0.4) is 0 Å². The van der Waals surface area contributed by atoms with Gasteiger partial charge >= 0.3 is 0 Å². The number of ether oxygens (including phenoxy) is 1. The summed E-state index contributed by atoms with van der Waals surface area (Å²) in [5, 5.41) is 0. The van der Waals surface area contributed by atoms with E-state index in [1.807, 2.05) is 12.1 Å². The van der Waals surface area contributed by atoms with Crippen LogP contribution < -0.4 is 4.90 Å². The molecule has 4 heterocycles. The largest absolute Gasteiger partial charge is 0.378 e. The summed E-state index contributed by atoms with van der Waals surface area (Å²) in [4.78, 5) is 12.5. The van der Waals surface area contributed by atoms with E-state index in [-0.39, 0.29) is 11.9 Å². The Labute approximate surface area is 194 Å². The van der Waals surface area contributed by atoms with Gasteiger partial charge < -0.3 is 9.64 Å². The van der Waals surface area contributed by atoms with E-state index in [2.05, 4.69) is 43.5 Å². The third kappa shape index (κ3) is 4.50. The van der Waals surface area contributed by atoms with Gasteiger partial charge in [0.25, 0.3) is 0 Å². The van der Waals surface area contributed by atoms with Gasteiger partial charge in [-0.05, 0) is 37.0 Å². The first-order chi connectivity index (χ1) is 16.2. The van der Waals surface area contributed by atoms with E-state index in [1.54, 1.807) is 12.1 Å². The van der Waals surface area contributed by atoms with Gasteiger partial charge in [-0.3, -0.25) is 14.2 Å². The normalized spacial score (nSPS) is 22.8. The fourth-order valence-corrected chi connectivity index (χ4v) is 5.25. The van der Waals surface area contributed by atoms with Crippen molar-refractivity contribution in [3.63, 3.8) is 0 Å². The number of nitrogens with zero attached hydrogens (tertiary/aromatic N) is 5. The van der Waals surface area contributed by atoms with Crippen molar-refractivity contribution in [2.24, 2.45) is 5.92 Å². The lowest BCUT2D eigenvalue weighted by Crippen LogP contribution is -2.48. The topological polar surface area (TPSA) is 36.2 Å². The molecule has 3 aromatic rings. The van der Waals surface area contributed by atoms with Crippen LogP contribution in [0.15, 0.2) is 48.7 Å². The number of hydrogen-bond acceptors (Lipinski definition) is 5. The molecule has 1 saturated carbocycles. The molecule has 6 nitrogen and oxygen atoms in total. The lowest BCUT2D eigenvalue weighted by atomic mass is 10.1. The summed E-state index contributed by atoms with van der Waals surface area (Å²) < 4.78 is 22.1. The molecule has 0 bridgehead atoms. The molecule has 174 valence electrons. The summed E-state index contributed by atoms with van der Waals surface area (Å²) >= 11 is 0. The Morgan fingerprint density at radius 3 is 2.64 bits per heavy atom. The van der Waals surface area contributed by atoms with Crippen LogP contribution in [0.25, 0.3) is 5.65 Å². The van der Waals surface area contributed by atoms with Gasteiger partial charge in [-0.2, -0.15) is 0 Å². The predicted octanol–water partition coefficient (Wildman–Crippen LogP) is 3.58. The maximum Gasteiger partial charge on any atom is 0.138 e. The second-order valence-electron chi connectivity index (χ2n) is 9.66. The lowest BCUT2D eigenvalue weighted by Gasteiger charge is -2.41. The zero-order valence-electron chi connectivity index (χ0n) is 19.1. The minimum absolute atomic E-state index is 0.114. The maximum atomic E-state index is 14.3. The van der Waals surface area contributed by atoms with E-state index in [0.717, 1.165) is 75.3 Å². The van der Waals surface area contributed by atoms with Crippen molar-refractivity contribution in [1.29, 1.82) is 0 Å². The van der Waals surface area contributed by atoms with Gasteiger partial charge in [0.1, 0.15) is 17.3 Å². The minimum atomic E-state index is -0.114. The predicted molar refractivity (Wildman–Crippen MR) is 127 cm³/mol. The molecule has 0 amide bonds. The van der Waals surface area contributed by atoms with Crippen LogP contribution in [0.5, 0.6) is 0 Å². The number of anilines is 1. The van der Waals surface area contributed by atoms with E-state index in [0.29, 0.717) is 6.54 Å². The highest BCUT2D eigenvalue weighted by atomic mass is 19.1. The van der Waals surface area contributed by atoms with E-state index >= 15 is 0 Å². The molecule has 1 aromatic carbocycles. The van der Waals surface area contributed by atoms with Crippen LogP contribution >= 0.6 is 0 Å². The molecule has 0 radical (unpaired) electrons. The highest BCUT2D eigenvalue weighted by Crippen LogP contribution is 2.35. The minimum Gasteiger partial charge on any atom is -0.378 e. The van der Waals surface area contributed by atoms with E-state index in [1.165, 1.54) is 18.7 Å². The average molecular weight is 450 g/mol. The van der Waals surface area contributed by atoms with Gasteiger partial charge in [0, 0.05) is 57.6 Å². The van der Waals surface area contributed by atoms with Crippen LogP contribution in [-0.4, -0.2) is 71.7 Å². The second-order valence-corrected chi connectivity index (χ2v) is 9.66. The Balaban J connectivity index is 1.29. The molecule has 3 fully saturated rings. The Hall–Kier alpha value is -2.48. The van der Waals surface area contributed by atoms with Crippen LogP contribution in [0.2, 0.25) is 0 Å². The number of rotatable bonds is 6. The molecule has 7 heteroatoms. The maximum absolute atomic E-state index is 14.3. The van der Waals surface area contributed by atoms with Crippen LogP contribution in [-0.2, 0) is 11.3 Å². The zero-order valence-corrected chi connectivity index (χ0v) is 19.1. The monoisotopic (exact) mass is 449 g/mol. The molecule has 1 aliphatic carbocycles. The number of pyridine rings is 1. The summed E-state index contributed by atoms with van der Waals surface area (Å²) in [6, 6.07) is 13.8. The summed E-state index contributed by atoms with van der Waals surface area (Å²) in [7, 11) is 0. The summed E-state index contributed by atoms with van der Waals surface area (Å²) in [5.74, 6) is 1.89. The highest BCUT2D eigenvalue weighted by molar-refractivity contribution is 5.53. The van der Waals surface area contributed by atoms with Crippen molar-refractivity contribution < 1.29 is 9.13 Å². The number of imidazole rings is 1. The zero-order chi connectivity index (χ0) is 22.2. The van der Waals surface area contributed by atoms with Gasteiger partial charge in [-0.25, -0.2) is 9.37 Å². The Kier molecular flexibility index (Phi) is 5.78. The molecule has 2 aliphatic heterocycles. The summed E-state index contributed by atoms with van der Waals surface area (Å²) in [6.45, 7) is 7.96. The number of halogens is 1. The third-order valence-corrected chi connectivity index (χ3v) is 7.28. The number of benzene rings is 1. The molecule has 3 aliphatic rings. The van der Waals surface area contributed by atoms with Gasteiger partial charge in [-0.1, -0.05) is 24.3 Å². The smallest absolute Gasteiger partial charge is 0.138 e. The number of fused-ring (bicyclic) bond motifs is 1. The molecule has 0 spiro atoms. The van der Waals surface area contributed by atoms with Crippen LogP contribution in [0.4, 0.5) is 10.2 Å². The van der Waals surface area contributed by atoms with Crippen molar-refractivity contribution in [1.82, 2.24) is 19.2 Å². The SMILES string of the molecule is Fc1ccccc1CN1CCN(CC2CC2)[C@H](c2cn3c(N4CCOCC4)cccc3n2)C1. The van der Waals surface area contributed by atoms with Gasteiger partial charge in [-0.15, -0.1) is 0 Å². The number of hydrogen-bond donors (Lipinski definition) is 0. The van der Waals surface area contributed by atoms with Gasteiger partial charge in [0.05, 0.1) is 24.9 Å². The number of aromatic nitrogens is 2. The molecular weight excluding hydrogens is 417 g/mol. The second kappa shape index (κ2) is 9.05. The molecular formula is C26H32FN5O. The third-order valence-electron chi connectivity index (χ3n) is 7.28.